The fourth-order valence-corrected chi connectivity index (χ4v) is 9.01. The standard InChI is InChI=1S/C30H54N9O17P3S/c1-17(31)18(32)7-5-4-6-8-21(41)60-12-11-34-20(40)9-10-35-28(44)25(43)30(2,3)14-53-59(50,51)56-58(48,49)52-13-19-24(55-57(45,46)47)23(42)29(54-19)39-16-38-22-26(33)36-15-37-27(22)39/h15-19,23-25,29,42-43H,4-14,31-32H2,1-3H3,(H,34,40)(H,35,44)(H,48,49)(H,50,51)(H2,33,36,37)(H2,45,46,47). The first-order valence-corrected chi connectivity index (χ1v) is 23.9. The van der Waals surface area contributed by atoms with Crippen molar-refractivity contribution < 1.29 is 80.5 Å². The third-order valence-corrected chi connectivity index (χ3v) is 12.9. The fraction of sp³-hybridized carbons (Fsp3) is 0.733. The molecule has 0 bridgehead atoms. The maximum absolute atomic E-state index is 12.7. The molecule has 3 rings (SSSR count). The van der Waals surface area contributed by atoms with Crippen LogP contribution in [0.2, 0.25) is 0 Å². The number of aliphatic hydroxyl groups excluding tert-OH is 2. The van der Waals surface area contributed by atoms with Gasteiger partial charge in [-0.05, 0) is 19.8 Å². The van der Waals surface area contributed by atoms with Gasteiger partial charge in [0.2, 0.25) is 11.8 Å². The van der Waals surface area contributed by atoms with Crippen molar-refractivity contribution in [3.8, 4) is 0 Å². The van der Waals surface area contributed by atoms with Crippen molar-refractivity contribution in [3.63, 3.8) is 0 Å². The number of carbonyl (C=O) groups is 3. The lowest BCUT2D eigenvalue weighted by atomic mass is 9.87. The van der Waals surface area contributed by atoms with E-state index in [0.717, 1.165) is 54.7 Å². The zero-order chi connectivity index (χ0) is 45.1. The van der Waals surface area contributed by atoms with Crippen LogP contribution in [0.15, 0.2) is 12.7 Å². The number of nitrogens with zero attached hydrogens (tertiary/aromatic N) is 4. The minimum atomic E-state index is -5.58. The third kappa shape index (κ3) is 16.6. The molecule has 60 heavy (non-hydrogen) atoms. The Bertz CT molecular complexity index is 1910. The molecule has 30 heteroatoms. The number of hydrogen-bond acceptors (Lipinski definition) is 20. The molecule has 2 aromatic rings. The van der Waals surface area contributed by atoms with E-state index in [1.165, 1.54) is 13.8 Å². The summed E-state index contributed by atoms with van der Waals surface area (Å²) in [6, 6.07) is -0.160. The Morgan fingerprint density at radius 1 is 1.00 bits per heavy atom. The molecule has 2 amide bonds. The number of nitrogen functional groups attached to an aromatic ring is 1. The number of thioether (sulfide) groups is 1. The number of unbranched alkanes of at least 4 members (excludes halogenated alkanes) is 2. The molecule has 1 aliphatic rings. The van der Waals surface area contributed by atoms with E-state index in [1.807, 2.05) is 6.92 Å². The highest BCUT2D eigenvalue weighted by atomic mass is 32.2. The number of amides is 2. The Morgan fingerprint density at radius 2 is 1.68 bits per heavy atom. The molecular weight excluding hydrogens is 883 g/mol. The van der Waals surface area contributed by atoms with E-state index < -0.39 is 84.6 Å². The first-order valence-electron chi connectivity index (χ1n) is 18.4. The second-order valence-electron chi connectivity index (χ2n) is 14.4. The van der Waals surface area contributed by atoms with Crippen LogP contribution in [-0.2, 0) is 50.7 Å². The van der Waals surface area contributed by atoms with Gasteiger partial charge in [-0.25, -0.2) is 28.6 Å². The van der Waals surface area contributed by atoms with Gasteiger partial charge in [-0.1, -0.05) is 38.5 Å². The predicted octanol–water partition coefficient (Wildman–Crippen LogP) is -0.710. The van der Waals surface area contributed by atoms with Crippen molar-refractivity contribution in [3.05, 3.63) is 12.7 Å². The molecule has 0 spiro atoms. The fourth-order valence-electron chi connectivity index (χ4n) is 5.46. The van der Waals surface area contributed by atoms with Crippen LogP contribution in [0.3, 0.4) is 0 Å². The third-order valence-electron chi connectivity index (χ3n) is 8.86. The van der Waals surface area contributed by atoms with Crippen LogP contribution in [-0.4, -0.2) is 135 Å². The van der Waals surface area contributed by atoms with Crippen LogP contribution in [0, 0.1) is 5.41 Å². The summed E-state index contributed by atoms with van der Waals surface area (Å²) < 4.78 is 62.2. The van der Waals surface area contributed by atoms with Gasteiger partial charge in [0, 0.05) is 49.2 Å². The molecule has 0 aromatic carbocycles. The van der Waals surface area contributed by atoms with Gasteiger partial charge in [-0.2, -0.15) is 4.31 Å². The van der Waals surface area contributed by atoms with Gasteiger partial charge >= 0.3 is 23.5 Å². The van der Waals surface area contributed by atoms with Gasteiger partial charge < -0.3 is 62.4 Å². The van der Waals surface area contributed by atoms with Crippen LogP contribution in [0.5, 0.6) is 0 Å². The minimum absolute atomic E-state index is 0.00216. The van der Waals surface area contributed by atoms with E-state index in [2.05, 4.69) is 34.4 Å². The summed E-state index contributed by atoms with van der Waals surface area (Å²) in [4.78, 5) is 87.9. The van der Waals surface area contributed by atoms with Crippen LogP contribution in [0.1, 0.15) is 65.5 Å². The Morgan fingerprint density at radius 3 is 2.35 bits per heavy atom. The van der Waals surface area contributed by atoms with Crippen molar-refractivity contribution in [2.45, 2.75) is 102 Å². The van der Waals surface area contributed by atoms with Crippen molar-refractivity contribution >= 4 is 69.1 Å². The Balaban J connectivity index is 1.41. The van der Waals surface area contributed by atoms with E-state index in [0.29, 0.717) is 12.2 Å². The van der Waals surface area contributed by atoms with Gasteiger partial charge in [-0.3, -0.25) is 32.5 Å². The molecule has 342 valence electrons. The normalized spacial score (nSPS) is 22.1. The molecule has 0 aliphatic carbocycles. The Hall–Kier alpha value is -2.52. The van der Waals surface area contributed by atoms with E-state index in [-0.39, 0.29) is 53.7 Å². The van der Waals surface area contributed by atoms with E-state index in [1.54, 1.807) is 0 Å². The monoisotopic (exact) mass is 937 g/mol. The molecular formula is C30H54N9O17P3S. The maximum Gasteiger partial charge on any atom is 0.481 e. The van der Waals surface area contributed by atoms with Gasteiger partial charge in [0.15, 0.2) is 22.8 Å². The SMILES string of the molecule is CC(N)C(N)CCCCCC(=O)SCCNC(=O)CCNC(=O)C(O)C(C)(C)COP(=O)(O)OP(=O)(O)OCC1OC(n2cnc3c(N)ncnc32)C(O)C1OP(=O)(O)O. The topological polar surface area (TPSA) is 416 Å². The summed E-state index contributed by atoms with van der Waals surface area (Å²) in [5.41, 5.74) is 15.9. The van der Waals surface area contributed by atoms with Crippen molar-refractivity contribution in [1.29, 1.82) is 0 Å². The molecule has 14 N–H and O–H groups in total. The number of phosphoric ester groups is 3. The summed E-state index contributed by atoms with van der Waals surface area (Å²) in [7, 11) is -16.4. The number of carbonyl (C=O) groups excluding carboxylic acids is 3. The first-order chi connectivity index (χ1) is 27.8. The number of ether oxygens (including phenoxy) is 1. The summed E-state index contributed by atoms with van der Waals surface area (Å²) in [6.07, 6.45) is -3.30. The van der Waals surface area contributed by atoms with Crippen LogP contribution >= 0.6 is 35.2 Å². The number of anilines is 1. The highest BCUT2D eigenvalue weighted by molar-refractivity contribution is 8.13. The number of imidazole rings is 1. The first kappa shape index (κ1) is 51.8. The van der Waals surface area contributed by atoms with Crippen molar-refractivity contribution in [1.82, 2.24) is 30.2 Å². The van der Waals surface area contributed by atoms with E-state index >= 15 is 0 Å². The number of aromatic nitrogens is 4. The average molecular weight is 938 g/mol. The lowest BCUT2D eigenvalue weighted by molar-refractivity contribution is -0.137. The number of nitrogens with one attached hydrogen (secondary N) is 2. The zero-order valence-electron chi connectivity index (χ0n) is 32.9. The molecule has 0 radical (unpaired) electrons. The number of rotatable bonds is 26. The molecule has 1 saturated heterocycles. The number of hydrogen-bond donors (Lipinski definition) is 11. The molecule has 0 saturated carbocycles. The largest absolute Gasteiger partial charge is 0.481 e. The molecule has 9 atom stereocenters. The summed E-state index contributed by atoms with van der Waals surface area (Å²) in [5.74, 6) is -1.11. The molecule has 1 aliphatic heterocycles. The summed E-state index contributed by atoms with van der Waals surface area (Å²) in [6.45, 7) is 2.33. The highest BCUT2D eigenvalue weighted by Crippen LogP contribution is 2.61. The lowest BCUT2D eigenvalue weighted by Gasteiger charge is -2.30. The maximum atomic E-state index is 12.7. The van der Waals surface area contributed by atoms with E-state index in [9.17, 15) is 57.9 Å². The highest BCUT2D eigenvalue weighted by Gasteiger charge is 2.50. The van der Waals surface area contributed by atoms with Crippen LogP contribution in [0.25, 0.3) is 11.2 Å². The predicted molar refractivity (Wildman–Crippen MR) is 212 cm³/mol. The quantitative estimate of drug-likeness (QED) is 0.0410. The smallest absolute Gasteiger partial charge is 0.386 e. The number of aliphatic hydroxyl groups is 2. The second kappa shape index (κ2) is 22.7. The zero-order valence-corrected chi connectivity index (χ0v) is 36.4. The van der Waals surface area contributed by atoms with Crippen LogP contribution in [0.4, 0.5) is 5.82 Å². The molecule has 9 unspecified atom stereocenters. The molecule has 1 fully saturated rings. The van der Waals surface area contributed by atoms with Gasteiger partial charge in [0.1, 0.15) is 36.3 Å². The number of phosphoric acid groups is 3. The lowest BCUT2D eigenvalue weighted by Crippen LogP contribution is -2.46. The number of fused-ring (bicyclic) bond motifs is 1. The summed E-state index contributed by atoms with van der Waals surface area (Å²) >= 11 is 1.09. The Kier molecular flexibility index (Phi) is 19.6. The van der Waals surface area contributed by atoms with Gasteiger partial charge in [0.25, 0.3) is 0 Å². The molecule has 26 nitrogen and oxygen atoms in total. The molecule has 2 aromatic heterocycles. The average Bonchev–Trinajstić information content (AvgIpc) is 3.71. The van der Waals surface area contributed by atoms with Crippen molar-refractivity contribution in [2.75, 3.05) is 37.8 Å². The Labute approximate surface area is 348 Å². The van der Waals surface area contributed by atoms with Crippen LogP contribution < -0.4 is 27.8 Å². The second-order valence-corrected chi connectivity index (χ2v) is 19.8. The minimum Gasteiger partial charge on any atom is -0.386 e. The van der Waals surface area contributed by atoms with Crippen molar-refractivity contribution in [2.24, 2.45) is 16.9 Å². The van der Waals surface area contributed by atoms with Gasteiger partial charge in [-0.15, -0.1) is 0 Å². The number of nitrogens with two attached hydrogens (primary N) is 3. The van der Waals surface area contributed by atoms with Gasteiger partial charge in [0.05, 0.1) is 19.5 Å². The summed E-state index contributed by atoms with van der Waals surface area (Å²) in [5, 5.41) is 26.4. The molecule has 3 heterocycles. The van der Waals surface area contributed by atoms with E-state index in [4.69, 9.17) is 31.0 Å².